The van der Waals surface area contributed by atoms with Crippen LogP contribution in [0.15, 0.2) is 24.5 Å². The fourth-order valence-corrected chi connectivity index (χ4v) is 3.44. The molecule has 1 aromatic heterocycles. The van der Waals surface area contributed by atoms with E-state index in [0.717, 1.165) is 6.54 Å². The summed E-state index contributed by atoms with van der Waals surface area (Å²) < 4.78 is 0. The lowest BCUT2D eigenvalue weighted by atomic mass is 9.82. The van der Waals surface area contributed by atoms with Crippen LogP contribution in [0, 0.1) is 5.41 Å². The van der Waals surface area contributed by atoms with Gasteiger partial charge in [0.05, 0.1) is 0 Å². The van der Waals surface area contributed by atoms with E-state index in [4.69, 9.17) is 5.73 Å². The number of hydrogen-bond acceptors (Lipinski definition) is 3. The Morgan fingerprint density at radius 2 is 1.95 bits per heavy atom. The maximum Gasteiger partial charge on any atom is 0.0497 e. The van der Waals surface area contributed by atoms with Gasteiger partial charge in [-0.1, -0.05) is 13.8 Å². The van der Waals surface area contributed by atoms with Crippen LogP contribution in [0.1, 0.15) is 51.6 Å². The molecule has 1 saturated heterocycles. The second-order valence-electron chi connectivity index (χ2n) is 6.01. The summed E-state index contributed by atoms with van der Waals surface area (Å²) in [6.45, 7) is 9.09. The molecule has 1 aliphatic heterocycles. The Morgan fingerprint density at radius 3 is 2.42 bits per heavy atom. The minimum absolute atomic E-state index is 0.145. The Morgan fingerprint density at radius 1 is 1.32 bits per heavy atom. The molecule has 2 N–H and O–H groups in total. The van der Waals surface area contributed by atoms with Crippen LogP contribution in [0.3, 0.4) is 0 Å². The van der Waals surface area contributed by atoms with E-state index < -0.39 is 0 Å². The lowest BCUT2D eigenvalue weighted by molar-refractivity contribution is 0.178. The minimum atomic E-state index is 0.145. The molecule has 1 aliphatic rings. The van der Waals surface area contributed by atoms with Gasteiger partial charge in [0.15, 0.2) is 0 Å². The summed E-state index contributed by atoms with van der Waals surface area (Å²) in [5, 5.41) is 0. The van der Waals surface area contributed by atoms with Gasteiger partial charge in [0.1, 0.15) is 0 Å². The summed E-state index contributed by atoms with van der Waals surface area (Å²) in [4.78, 5) is 6.69. The molecule has 0 bridgehead atoms. The van der Waals surface area contributed by atoms with Crippen molar-refractivity contribution in [1.29, 1.82) is 0 Å². The number of likely N-dealkylation sites (tertiary alicyclic amines) is 1. The number of rotatable bonds is 5. The third kappa shape index (κ3) is 2.98. The maximum absolute atomic E-state index is 6.26. The molecule has 2 unspecified atom stereocenters. The summed E-state index contributed by atoms with van der Waals surface area (Å²) in [5.41, 5.74) is 8.06. The fourth-order valence-electron chi connectivity index (χ4n) is 3.44. The topological polar surface area (TPSA) is 42.2 Å². The SMILES string of the molecule is CCC1(CC)CCN(C(c2ccncc2)C(C)N)C1. The predicted octanol–water partition coefficient (Wildman–Crippen LogP) is 2.98. The molecule has 1 fully saturated rings. The molecule has 2 heterocycles. The average Bonchev–Trinajstić information content (AvgIpc) is 2.85. The van der Waals surface area contributed by atoms with E-state index in [2.05, 4.69) is 42.8 Å². The molecule has 19 heavy (non-hydrogen) atoms. The molecule has 1 aromatic rings. The Bertz CT molecular complexity index is 384. The van der Waals surface area contributed by atoms with Crippen LogP contribution in [-0.4, -0.2) is 29.0 Å². The van der Waals surface area contributed by atoms with E-state index in [1.54, 1.807) is 0 Å². The molecule has 0 spiro atoms. The molecular formula is C16H27N3. The molecule has 2 rings (SSSR count). The summed E-state index contributed by atoms with van der Waals surface area (Å²) in [5.74, 6) is 0. The van der Waals surface area contributed by atoms with Crippen molar-refractivity contribution in [3.05, 3.63) is 30.1 Å². The van der Waals surface area contributed by atoms with Gasteiger partial charge in [0, 0.05) is 31.0 Å². The van der Waals surface area contributed by atoms with Crippen molar-refractivity contribution in [2.24, 2.45) is 11.1 Å². The van der Waals surface area contributed by atoms with Gasteiger partial charge >= 0.3 is 0 Å². The molecule has 0 aromatic carbocycles. The second-order valence-corrected chi connectivity index (χ2v) is 6.01. The molecule has 0 aliphatic carbocycles. The molecule has 0 amide bonds. The van der Waals surface area contributed by atoms with Crippen molar-refractivity contribution < 1.29 is 0 Å². The van der Waals surface area contributed by atoms with Crippen LogP contribution in [-0.2, 0) is 0 Å². The zero-order chi connectivity index (χ0) is 13.9. The number of pyridine rings is 1. The second kappa shape index (κ2) is 6.02. The largest absolute Gasteiger partial charge is 0.326 e. The van der Waals surface area contributed by atoms with E-state index >= 15 is 0 Å². The highest BCUT2D eigenvalue weighted by atomic mass is 15.2. The lowest BCUT2D eigenvalue weighted by Crippen LogP contribution is -2.39. The van der Waals surface area contributed by atoms with Crippen LogP contribution in [0.25, 0.3) is 0 Å². The van der Waals surface area contributed by atoms with Crippen LogP contribution >= 0.6 is 0 Å². The first-order valence-electron chi connectivity index (χ1n) is 7.51. The zero-order valence-electron chi connectivity index (χ0n) is 12.5. The van der Waals surface area contributed by atoms with Crippen molar-refractivity contribution in [2.75, 3.05) is 13.1 Å². The first kappa shape index (κ1) is 14.5. The Balaban J connectivity index is 2.19. The monoisotopic (exact) mass is 261 g/mol. The Hall–Kier alpha value is -0.930. The minimum Gasteiger partial charge on any atom is -0.326 e. The number of nitrogens with zero attached hydrogens (tertiary/aromatic N) is 2. The van der Waals surface area contributed by atoms with E-state index in [1.165, 1.54) is 31.4 Å². The van der Waals surface area contributed by atoms with E-state index in [9.17, 15) is 0 Å². The first-order valence-corrected chi connectivity index (χ1v) is 7.51. The van der Waals surface area contributed by atoms with Gasteiger partial charge in [-0.2, -0.15) is 0 Å². The van der Waals surface area contributed by atoms with Crippen LogP contribution in [0.4, 0.5) is 0 Å². The highest BCUT2D eigenvalue weighted by Gasteiger charge is 2.39. The number of hydrogen-bond donors (Lipinski definition) is 1. The highest BCUT2D eigenvalue weighted by Crippen LogP contribution is 2.40. The Labute approximate surface area is 117 Å². The number of aromatic nitrogens is 1. The zero-order valence-corrected chi connectivity index (χ0v) is 12.5. The lowest BCUT2D eigenvalue weighted by Gasteiger charge is -2.33. The van der Waals surface area contributed by atoms with Crippen molar-refractivity contribution in [3.8, 4) is 0 Å². The summed E-state index contributed by atoms with van der Waals surface area (Å²) in [7, 11) is 0. The molecule has 3 heteroatoms. The van der Waals surface area contributed by atoms with Crippen molar-refractivity contribution in [3.63, 3.8) is 0 Å². The molecule has 0 radical (unpaired) electrons. The molecule has 3 nitrogen and oxygen atoms in total. The van der Waals surface area contributed by atoms with Crippen LogP contribution in [0.2, 0.25) is 0 Å². The summed E-state index contributed by atoms with van der Waals surface area (Å²) >= 11 is 0. The quantitative estimate of drug-likeness (QED) is 0.886. The van der Waals surface area contributed by atoms with Gasteiger partial charge in [-0.05, 0) is 55.8 Å². The average molecular weight is 261 g/mol. The van der Waals surface area contributed by atoms with E-state index in [-0.39, 0.29) is 6.04 Å². The van der Waals surface area contributed by atoms with Gasteiger partial charge in [-0.25, -0.2) is 0 Å². The van der Waals surface area contributed by atoms with Crippen molar-refractivity contribution in [1.82, 2.24) is 9.88 Å². The number of nitrogens with two attached hydrogens (primary N) is 1. The smallest absolute Gasteiger partial charge is 0.0497 e. The third-order valence-corrected chi connectivity index (χ3v) is 4.91. The third-order valence-electron chi connectivity index (χ3n) is 4.91. The standard InChI is InChI=1S/C16H27N3/c1-4-16(5-2)8-11-19(12-16)15(13(3)17)14-6-9-18-10-7-14/h6-7,9-10,13,15H,4-5,8,11-12,17H2,1-3H3. The predicted molar refractivity (Wildman–Crippen MR) is 79.8 cm³/mol. The fraction of sp³-hybridized carbons (Fsp3) is 0.688. The molecule has 0 saturated carbocycles. The van der Waals surface area contributed by atoms with Gasteiger partial charge in [-0.15, -0.1) is 0 Å². The molecular weight excluding hydrogens is 234 g/mol. The van der Waals surface area contributed by atoms with Gasteiger partial charge < -0.3 is 5.73 Å². The highest BCUT2D eigenvalue weighted by molar-refractivity contribution is 5.18. The summed E-state index contributed by atoms with van der Waals surface area (Å²) in [6.07, 6.45) is 7.57. The normalized spacial score (nSPS) is 22.3. The van der Waals surface area contributed by atoms with E-state index in [0.29, 0.717) is 11.5 Å². The van der Waals surface area contributed by atoms with Gasteiger partial charge in [0.2, 0.25) is 0 Å². The van der Waals surface area contributed by atoms with Crippen LogP contribution < -0.4 is 5.73 Å². The van der Waals surface area contributed by atoms with Crippen molar-refractivity contribution >= 4 is 0 Å². The van der Waals surface area contributed by atoms with Crippen LogP contribution in [0.5, 0.6) is 0 Å². The summed E-state index contributed by atoms with van der Waals surface area (Å²) in [6, 6.07) is 4.67. The van der Waals surface area contributed by atoms with Gasteiger partial charge in [0.25, 0.3) is 0 Å². The first-order chi connectivity index (χ1) is 9.12. The Kier molecular flexibility index (Phi) is 4.58. The van der Waals surface area contributed by atoms with E-state index in [1.807, 2.05) is 12.4 Å². The maximum atomic E-state index is 6.26. The molecule has 2 atom stereocenters. The molecule has 106 valence electrons. The van der Waals surface area contributed by atoms with Crippen molar-refractivity contribution in [2.45, 2.75) is 52.1 Å². The van der Waals surface area contributed by atoms with Gasteiger partial charge in [-0.3, -0.25) is 9.88 Å².